The van der Waals surface area contributed by atoms with E-state index in [4.69, 9.17) is 9.47 Å². The first kappa shape index (κ1) is 21.9. The van der Waals surface area contributed by atoms with Gasteiger partial charge in [0.2, 0.25) is 0 Å². The Balaban J connectivity index is 1.35. The summed E-state index contributed by atoms with van der Waals surface area (Å²) in [6.45, 7) is 6.87. The largest absolute Gasteiger partial charge is 0.462 e. The van der Waals surface area contributed by atoms with Crippen molar-refractivity contribution in [1.29, 1.82) is 0 Å². The predicted octanol–water partition coefficient (Wildman–Crippen LogP) is 5.65. The number of allylic oxidation sites excluding steroid dienone is 1. The molecular formula is C28H36O4. The van der Waals surface area contributed by atoms with Gasteiger partial charge in [0.15, 0.2) is 5.78 Å². The first-order chi connectivity index (χ1) is 15.3. The zero-order valence-electron chi connectivity index (χ0n) is 19.6. The maximum Gasteiger partial charge on any atom is 0.302 e. The molecule has 3 saturated carbocycles. The number of ether oxygens (including phenoxy) is 2. The lowest BCUT2D eigenvalue weighted by Crippen LogP contribution is -2.54. The number of carbonyl (C=O) groups is 2. The van der Waals surface area contributed by atoms with Crippen molar-refractivity contribution in [2.45, 2.75) is 84.5 Å². The van der Waals surface area contributed by atoms with Crippen LogP contribution in [0.2, 0.25) is 0 Å². The van der Waals surface area contributed by atoms with Crippen LogP contribution in [0.1, 0.15) is 71.3 Å². The molecule has 0 radical (unpaired) electrons. The number of fused-ring (bicyclic) bond motifs is 5. The van der Waals surface area contributed by atoms with Gasteiger partial charge in [0.1, 0.15) is 6.10 Å². The van der Waals surface area contributed by atoms with Crippen molar-refractivity contribution in [2.24, 2.45) is 28.6 Å². The zero-order chi connectivity index (χ0) is 22.5. The minimum Gasteiger partial charge on any atom is -0.462 e. The molecule has 3 fully saturated rings. The van der Waals surface area contributed by atoms with Gasteiger partial charge in [-0.05, 0) is 72.8 Å². The molecule has 1 aromatic rings. The van der Waals surface area contributed by atoms with E-state index in [9.17, 15) is 9.59 Å². The summed E-state index contributed by atoms with van der Waals surface area (Å²) in [6.07, 6.45) is 9.05. The van der Waals surface area contributed by atoms with Crippen LogP contribution < -0.4 is 0 Å². The van der Waals surface area contributed by atoms with E-state index in [-0.39, 0.29) is 34.9 Å². The molecule has 4 aliphatic rings. The molecule has 32 heavy (non-hydrogen) atoms. The number of ketones is 1. The molecule has 5 rings (SSSR count). The average molecular weight is 437 g/mol. The maximum atomic E-state index is 13.5. The van der Waals surface area contributed by atoms with E-state index in [1.807, 2.05) is 12.1 Å². The Kier molecular flexibility index (Phi) is 5.56. The summed E-state index contributed by atoms with van der Waals surface area (Å²) in [4.78, 5) is 25.0. The van der Waals surface area contributed by atoms with Crippen LogP contribution in [0.4, 0.5) is 0 Å². The van der Waals surface area contributed by atoms with Gasteiger partial charge in [-0.1, -0.05) is 49.8 Å². The van der Waals surface area contributed by atoms with Gasteiger partial charge in [0.05, 0.1) is 12.7 Å². The highest BCUT2D eigenvalue weighted by Crippen LogP contribution is 2.64. The topological polar surface area (TPSA) is 52.6 Å². The van der Waals surface area contributed by atoms with E-state index in [0.29, 0.717) is 24.2 Å². The molecule has 0 aromatic heterocycles. The third-order valence-electron chi connectivity index (χ3n) is 9.44. The molecule has 0 amide bonds. The van der Waals surface area contributed by atoms with Crippen LogP contribution >= 0.6 is 0 Å². The quantitative estimate of drug-likeness (QED) is 0.573. The fourth-order valence-corrected chi connectivity index (χ4v) is 7.70. The minimum absolute atomic E-state index is 0.0551. The lowest BCUT2D eigenvalue weighted by Gasteiger charge is -2.57. The van der Waals surface area contributed by atoms with E-state index in [1.165, 1.54) is 18.1 Å². The lowest BCUT2D eigenvalue weighted by atomic mass is 9.47. The Morgan fingerprint density at radius 2 is 1.81 bits per heavy atom. The molecule has 0 aliphatic heterocycles. The van der Waals surface area contributed by atoms with E-state index >= 15 is 0 Å². The number of carbonyl (C=O) groups excluding carboxylic acids is 2. The number of benzene rings is 1. The maximum absolute atomic E-state index is 13.5. The molecule has 0 N–H and O–H groups in total. The van der Waals surface area contributed by atoms with Crippen molar-refractivity contribution in [3.63, 3.8) is 0 Å². The number of esters is 1. The average Bonchev–Trinajstić information content (AvgIpc) is 3.10. The van der Waals surface area contributed by atoms with Gasteiger partial charge in [-0.3, -0.25) is 9.59 Å². The summed E-state index contributed by atoms with van der Waals surface area (Å²) in [5.41, 5.74) is 2.56. The second kappa shape index (κ2) is 8.13. The van der Waals surface area contributed by atoms with Gasteiger partial charge < -0.3 is 9.47 Å². The second-order valence-corrected chi connectivity index (χ2v) is 11.1. The highest BCUT2D eigenvalue weighted by Gasteiger charge is 2.61. The van der Waals surface area contributed by atoms with Gasteiger partial charge in [0, 0.05) is 19.3 Å². The molecule has 4 aliphatic carbocycles. The van der Waals surface area contributed by atoms with Gasteiger partial charge >= 0.3 is 5.97 Å². The second-order valence-electron chi connectivity index (χ2n) is 11.1. The number of rotatable bonds is 4. The van der Waals surface area contributed by atoms with Crippen LogP contribution in [0.15, 0.2) is 42.0 Å². The van der Waals surface area contributed by atoms with Crippen molar-refractivity contribution in [2.75, 3.05) is 0 Å². The van der Waals surface area contributed by atoms with Crippen molar-refractivity contribution in [1.82, 2.24) is 0 Å². The normalized spacial score (nSPS) is 40.7. The third-order valence-corrected chi connectivity index (χ3v) is 9.44. The van der Waals surface area contributed by atoms with Gasteiger partial charge in [-0.15, -0.1) is 0 Å². The van der Waals surface area contributed by atoms with Crippen LogP contribution in [0.3, 0.4) is 0 Å². The highest BCUT2D eigenvalue weighted by molar-refractivity contribution is 5.94. The highest BCUT2D eigenvalue weighted by atomic mass is 16.5. The number of hydrogen-bond donors (Lipinski definition) is 0. The Labute approximate surface area is 191 Å². The van der Waals surface area contributed by atoms with Crippen LogP contribution in [0, 0.1) is 28.6 Å². The summed E-state index contributed by atoms with van der Waals surface area (Å²) < 4.78 is 12.0. The third kappa shape index (κ3) is 3.55. The monoisotopic (exact) mass is 436 g/mol. The molecule has 0 heterocycles. The summed E-state index contributed by atoms with van der Waals surface area (Å²) in [7, 11) is 0. The van der Waals surface area contributed by atoms with Gasteiger partial charge in [-0.25, -0.2) is 0 Å². The van der Waals surface area contributed by atoms with Crippen LogP contribution in [0.25, 0.3) is 0 Å². The van der Waals surface area contributed by atoms with E-state index in [2.05, 4.69) is 38.1 Å². The predicted molar refractivity (Wildman–Crippen MR) is 123 cm³/mol. The van der Waals surface area contributed by atoms with E-state index in [1.54, 1.807) is 0 Å². The fourth-order valence-electron chi connectivity index (χ4n) is 7.70. The molecule has 4 heteroatoms. The van der Waals surface area contributed by atoms with E-state index < -0.39 is 0 Å². The molecular weight excluding hydrogens is 400 g/mol. The minimum atomic E-state index is -0.222. The first-order valence-electron chi connectivity index (χ1n) is 12.4. The zero-order valence-corrected chi connectivity index (χ0v) is 19.6. The molecule has 0 bridgehead atoms. The Morgan fingerprint density at radius 3 is 2.56 bits per heavy atom. The van der Waals surface area contributed by atoms with Gasteiger partial charge in [0.25, 0.3) is 0 Å². The SMILES string of the molecule is CC(=O)O[C@H]1CC[C@@]2(C)C(=CC(=O)[C@@H]3[C@H]4CC[C@@H](OCc5ccccc5)[C@]4(C)CC[C@H]32)C1. The van der Waals surface area contributed by atoms with Gasteiger partial charge in [-0.2, -0.15) is 0 Å². The Morgan fingerprint density at radius 1 is 1.03 bits per heavy atom. The van der Waals surface area contributed by atoms with Crippen LogP contribution in [0.5, 0.6) is 0 Å². The van der Waals surface area contributed by atoms with Crippen molar-refractivity contribution in [3.05, 3.63) is 47.5 Å². The molecule has 1 aromatic carbocycles. The fraction of sp³-hybridized carbons (Fsp3) is 0.643. The molecule has 7 atom stereocenters. The molecule has 172 valence electrons. The summed E-state index contributed by atoms with van der Waals surface area (Å²) in [5.74, 6) is 0.999. The first-order valence-corrected chi connectivity index (χ1v) is 12.4. The molecule has 0 spiro atoms. The van der Waals surface area contributed by atoms with E-state index in [0.717, 1.165) is 44.9 Å². The smallest absolute Gasteiger partial charge is 0.302 e. The lowest BCUT2D eigenvalue weighted by molar-refractivity contribution is -0.150. The Hall–Kier alpha value is -1.94. The van der Waals surface area contributed by atoms with Crippen LogP contribution in [-0.4, -0.2) is 24.0 Å². The molecule has 0 saturated heterocycles. The van der Waals surface area contributed by atoms with Crippen molar-refractivity contribution in [3.8, 4) is 0 Å². The summed E-state index contributed by atoms with van der Waals surface area (Å²) in [5, 5.41) is 0. The summed E-state index contributed by atoms with van der Waals surface area (Å²) in [6, 6.07) is 10.4. The standard InChI is InChI=1S/C28H36O4/c1-18(29)32-21-11-13-27(2)20(15-21)16-24(30)26-22-9-10-25(28(22,3)14-12-23(26)27)31-17-19-7-5-4-6-8-19/h4-8,16,21-23,25-26H,9-15,17H2,1-3H3/t21-,22+,23+,25+,26+,27-,28+/m0/s1. The van der Waals surface area contributed by atoms with Crippen molar-refractivity contribution >= 4 is 11.8 Å². The Bertz CT molecular complexity index is 921. The summed E-state index contributed by atoms with van der Waals surface area (Å²) >= 11 is 0. The number of hydrogen-bond acceptors (Lipinski definition) is 4. The molecule has 0 unspecified atom stereocenters. The van der Waals surface area contributed by atoms with Crippen LogP contribution in [-0.2, 0) is 25.7 Å². The molecule has 4 nitrogen and oxygen atoms in total. The van der Waals surface area contributed by atoms with Crippen molar-refractivity contribution < 1.29 is 19.1 Å².